The van der Waals surface area contributed by atoms with Crippen LogP contribution in [-0.2, 0) is 4.74 Å². The average Bonchev–Trinajstić information content (AvgIpc) is 3.49. The summed E-state index contributed by atoms with van der Waals surface area (Å²) in [5.41, 5.74) is 0.756. The molecule has 0 aromatic heterocycles. The smallest absolute Gasteiger partial charge is 0.322 e. The second kappa shape index (κ2) is 9.81. The zero-order chi connectivity index (χ0) is 18.2. The number of hydrogen-bond donors (Lipinski definition) is 1. The Labute approximate surface area is 157 Å². The van der Waals surface area contributed by atoms with Crippen LogP contribution in [0.25, 0.3) is 0 Å². The first kappa shape index (κ1) is 19.0. The number of rotatable bonds is 9. The van der Waals surface area contributed by atoms with Crippen molar-refractivity contribution >= 4 is 11.7 Å². The minimum Gasteiger partial charge on any atom is -0.491 e. The van der Waals surface area contributed by atoms with Crippen molar-refractivity contribution in [3.63, 3.8) is 0 Å². The highest BCUT2D eigenvalue weighted by molar-refractivity contribution is 5.91. The van der Waals surface area contributed by atoms with Gasteiger partial charge in [-0.3, -0.25) is 0 Å². The maximum absolute atomic E-state index is 13.0. The molecule has 0 unspecified atom stereocenters. The van der Waals surface area contributed by atoms with Crippen molar-refractivity contribution in [1.82, 2.24) is 4.90 Å². The molecule has 2 aliphatic rings. The van der Waals surface area contributed by atoms with Crippen LogP contribution in [0.2, 0.25) is 0 Å². The van der Waals surface area contributed by atoms with E-state index in [1.54, 1.807) is 7.11 Å². The molecule has 0 aliphatic heterocycles. The number of anilines is 1. The van der Waals surface area contributed by atoms with Gasteiger partial charge < -0.3 is 19.7 Å². The van der Waals surface area contributed by atoms with Crippen LogP contribution in [-0.4, -0.2) is 43.8 Å². The van der Waals surface area contributed by atoms with Gasteiger partial charge >= 0.3 is 6.03 Å². The van der Waals surface area contributed by atoms with Crippen LogP contribution in [0, 0.1) is 5.92 Å². The zero-order valence-corrected chi connectivity index (χ0v) is 15.9. The van der Waals surface area contributed by atoms with Crippen molar-refractivity contribution in [3.05, 3.63) is 24.3 Å². The Balaban J connectivity index is 1.62. The molecule has 0 spiro atoms. The highest BCUT2D eigenvalue weighted by Gasteiger charge is 2.32. The molecule has 0 heterocycles. The minimum absolute atomic E-state index is 0.0248. The predicted molar refractivity (Wildman–Crippen MR) is 104 cm³/mol. The van der Waals surface area contributed by atoms with Gasteiger partial charge in [0.2, 0.25) is 0 Å². The number of para-hydroxylation sites is 2. The Morgan fingerprint density at radius 1 is 1.12 bits per heavy atom. The first-order valence-electron chi connectivity index (χ1n) is 10.1. The van der Waals surface area contributed by atoms with Gasteiger partial charge in [0.15, 0.2) is 0 Å². The van der Waals surface area contributed by atoms with E-state index < -0.39 is 0 Å². The second-order valence-corrected chi connectivity index (χ2v) is 7.51. The van der Waals surface area contributed by atoms with Crippen molar-refractivity contribution in [2.45, 2.75) is 57.4 Å². The van der Waals surface area contributed by atoms with Gasteiger partial charge in [-0.15, -0.1) is 0 Å². The molecular formula is C21H32N2O3. The molecule has 2 saturated carbocycles. The number of ether oxygens (including phenoxy) is 2. The molecule has 26 heavy (non-hydrogen) atoms. The maximum atomic E-state index is 13.0. The Bertz CT molecular complexity index is 568. The molecule has 0 saturated heterocycles. The monoisotopic (exact) mass is 360 g/mol. The summed E-state index contributed by atoms with van der Waals surface area (Å²) in [5.74, 6) is 1.43. The molecule has 2 fully saturated rings. The lowest BCUT2D eigenvalue weighted by atomic mass is 9.94. The van der Waals surface area contributed by atoms with Crippen LogP contribution in [0.4, 0.5) is 10.5 Å². The summed E-state index contributed by atoms with van der Waals surface area (Å²) in [7, 11) is 1.69. The first-order valence-corrected chi connectivity index (χ1v) is 10.1. The minimum atomic E-state index is 0.0248. The summed E-state index contributed by atoms with van der Waals surface area (Å²) >= 11 is 0. The molecule has 1 aromatic carbocycles. The molecule has 144 valence electrons. The van der Waals surface area contributed by atoms with Crippen molar-refractivity contribution in [2.24, 2.45) is 5.92 Å². The van der Waals surface area contributed by atoms with Gasteiger partial charge in [-0.25, -0.2) is 4.79 Å². The van der Waals surface area contributed by atoms with E-state index in [9.17, 15) is 4.79 Å². The highest BCUT2D eigenvalue weighted by Crippen LogP contribution is 2.33. The largest absolute Gasteiger partial charge is 0.491 e. The summed E-state index contributed by atoms with van der Waals surface area (Å²) < 4.78 is 10.9. The molecule has 0 radical (unpaired) electrons. The number of amides is 2. The average molecular weight is 360 g/mol. The van der Waals surface area contributed by atoms with Gasteiger partial charge in [0.05, 0.1) is 12.3 Å². The molecule has 1 aromatic rings. The lowest BCUT2D eigenvalue weighted by molar-refractivity contribution is 0.163. The van der Waals surface area contributed by atoms with Gasteiger partial charge in [0, 0.05) is 32.7 Å². The summed E-state index contributed by atoms with van der Waals surface area (Å²) in [5, 5.41) is 3.11. The molecule has 0 bridgehead atoms. The summed E-state index contributed by atoms with van der Waals surface area (Å²) in [4.78, 5) is 15.1. The molecule has 5 heteroatoms. The first-order chi connectivity index (χ1) is 12.8. The fourth-order valence-electron chi connectivity index (χ4n) is 3.64. The Kier molecular flexibility index (Phi) is 7.18. The van der Waals surface area contributed by atoms with Gasteiger partial charge in [-0.2, -0.15) is 0 Å². The number of carbonyl (C=O) groups is 1. The number of nitrogens with one attached hydrogen (secondary N) is 1. The van der Waals surface area contributed by atoms with Gasteiger partial charge in [0.25, 0.3) is 0 Å². The SMILES string of the molecule is COCCCOc1ccccc1NC(=O)N(CC1CC1)C1CCCCC1. The van der Waals surface area contributed by atoms with Gasteiger partial charge in [-0.05, 0) is 43.7 Å². The van der Waals surface area contributed by atoms with Crippen LogP contribution in [0.1, 0.15) is 51.4 Å². The normalized spacial score (nSPS) is 17.7. The van der Waals surface area contributed by atoms with E-state index in [1.165, 1.54) is 32.1 Å². The maximum Gasteiger partial charge on any atom is 0.322 e. The molecule has 2 amide bonds. The van der Waals surface area contributed by atoms with Crippen molar-refractivity contribution in [3.8, 4) is 5.75 Å². The number of hydrogen-bond acceptors (Lipinski definition) is 3. The van der Waals surface area contributed by atoms with E-state index in [4.69, 9.17) is 9.47 Å². The number of carbonyl (C=O) groups excluding carboxylic acids is 1. The Morgan fingerprint density at radius 3 is 2.62 bits per heavy atom. The molecule has 5 nitrogen and oxygen atoms in total. The fourth-order valence-corrected chi connectivity index (χ4v) is 3.64. The third kappa shape index (κ3) is 5.63. The van der Waals surface area contributed by atoms with E-state index >= 15 is 0 Å². The van der Waals surface area contributed by atoms with E-state index in [0.717, 1.165) is 37.2 Å². The van der Waals surface area contributed by atoms with E-state index in [1.807, 2.05) is 24.3 Å². The third-order valence-electron chi connectivity index (χ3n) is 5.31. The highest BCUT2D eigenvalue weighted by atomic mass is 16.5. The zero-order valence-electron chi connectivity index (χ0n) is 15.9. The van der Waals surface area contributed by atoms with Crippen LogP contribution in [0.15, 0.2) is 24.3 Å². The predicted octanol–water partition coefficient (Wildman–Crippen LogP) is 4.68. The van der Waals surface area contributed by atoms with Crippen LogP contribution in [0.3, 0.4) is 0 Å². The van der Waals surface area contributed by atoms with Crippen LogP contribution >= 0.6 is 0 Å². The van der Waals surface area contributed by atoms with Crippen LogP contribution < -0.4 is 10.1 Å². The van der Waals surface area contributed by atoms with Crippen molar-refractivity contribution in [1.29, 1.82) is 0 Å². The standard InChI is InChI=1S/C21H32N2O3/c1-25-14-7-15-26-20-11-6-5-10-19(20)22-21(24)23(16-17-12-13-17)18-8-3-2-4-9-18/h5-6,10-11,17-18H,2-4,7-9,12-16H2,1H3,(H,22,24). The number of benzene rings is 1. The Hall–Kier alpha value is -1.75. The molecule has 0 atom stereocenters. The topological polar surface area (TPSA) is 50.8 Å². The summed E-state index contributed by atoms with van der Waals surface area (Å²) in [6, 6.07) is 8.11. The number of urea groups is 1. The van der Waals surface area contributed by atoms with E-state index in [2.05, 4.69) is 10.2 Å². The van der Waals surface area contributed by atoms with E-state index in [0.29, 0.717) is 25.2 Å². The lowest BCUT2D eigenvalue weighted by Crippen LogP contribution is -2.45. The van der Waals surface area contributed by atoms with E-state index in [-0.39, 0.29) is 6.03 Å². The third-order valence-corrected chi connectivity index (χ3v) is 5.31. The van der Waals surface area contributed by atoms with Gasteiger partial charge in [0.1, 0.15) is 5.75 Å². The quantitative estimate of drug-likeness (QED) is 0.651. The van der Waals surface area contributed by atoms with Crippen LogP contribution in [0.5, 0.6) is 5.75 Å². The molecule has 1 N–H and O–H groups in total. The molecular weight excluding hydrogens is 328 g/mol. The van der Waals surface area contributed by atoms with Crippen molar-refractivity contribution in [2.75, 3.05) is 32.2 Å². The Morgan fingerprint density at radius 2 is 1.88 bits per heavy atom. The molecule has 3 rings (SSSR count). The molecule has 2 aliphatic carbocycles. The number of methoxy groups -OCH3 is 1. The van der Waals surface area contributed by atoms with Crippen molar-refractivity contribution < 1.29 is 14.3 Å². The number of nitrogens with zero attached hydrogens (tertiary/aromatic N) is 1. The second-order valence-electron chi connectivity index (χ2n) is 7.51. The fraction of sp³-hybridized carbons (Fsp3) is 0.667. The lowest BCUT2D eigenvalue weighted by Gasteiger charge is -2.34. The summed E-state index contributed by atoms with van der Waals surface area (Å²) in [6.45, 7) is 2.15. The summed E-state index contributed by atoms with van der Waals surface area (Å²) in [6.07, 6.45) is 9.38. The van der Waals surface area contributed by atoms with Gasteiger partial charge in [-0.1, -0.05) is 31.4 Å².